The fourth-order valence-electron chi connectivity index (χ4n) is 2.06. The first-order valence-corrected chi connectivity index (χ1v) is 10.8. The normalized spacial score (nSPS) is 16.9. The molecule has 0 saturated heterocycles. The molecule has 0 amide bonds. The van der Waals surface area contributed by atoms with Crippen LogP contribution in [0.15, 0.2) is 42.7 Å². The van der Waals surface area contributed by atoms with E-state index >= 15 is 0 Å². The number of rotatable bonds is 4. The van der Waals surface area contributed by atoms with Gasteiger partial charge in [-0.2, -0.15) is 0 Å². The minimum absolute atomic E-state index is 0.0819. The highest BCUT2D eigenvalue weighted by Gasteiger charge is 2.28. The lowest BCUT2D eigenvalue weighted by Gasteiger charge is -2.12. The highest BCUT2D eigenvalue weighted by atomic mass is 32.2. The summed E-state index contributed by atoms with van der Waals surface area (Å²) in [6.45, 7) is 0. The first-order valence-electron chi connectivity index (χ1n) is 7.41. The lowest BCUT2D eigenvalue weighted by atomic mass is 9.94. The van der Waals surface area contributed by atoms with Crippen LogP contribution in [0.5, 0.6) is 5.75 Å². The van der Waals surface area contributed by atoms with Gasteiger partial charge in [0.15, 0.2) is 21.6 Å². The molecule has 0 spiro atoms. The van der Waals surface area contributed by atoms with Gasteiger partial charge in [0, 0.05) is 25.2 Å². The van der Waals surface area contributed by atoms with E-state index in [9.17, 15) is 17.7 Å². The number of aromatic hydroxyl groups is 1. The van der Waals surface area contributed by atoms with E-state index < -0.39 is 26.9 Å². The number of amidine groups is 2. The Hall–Kier alpha value is -2.22. The maximum Gasteiger partial charge on any atom is 0.269 e. The molecule has 3 N–H and O–H groups in total. The van der Waals surface area contributed by atoms with Gasteiger partial charge < -0.3 is 15.7 Å². The van der Waals surface area contributed by atoms with Crippen molar-refractivity contribution in [1.29, 1.82) is 0 Å². The molecule has 2 aromatic rings. The third kappa shape index (κ3) is 3.90. The van der Waals surface area contributed by atoms with E-state index in [1.165, 1.54) is 19.5 Å². The van der Waals surface area contributed by atoms with E-state index in [1.807, 2.05) is 0 Å². The highest BCUT2D eigenvalue weighted by molar-refractivity contribution is 7.91. The summed E-state index contributed by atoms with van der Waals surface area (Å²) in [6.07, 6.45) is 0. The minimum Gasteiger partial charge on any atom is -0.504 e. The average molecular weight is 423 g/mol. The quantitative estimate of drug-likeness (QED) is 0.613. The summed E-state index contributed by atoms with van der Waals surface area (Å²) < 4.78 is 44.7. The van der Waals surface area contributed by atoms with Gasteiger partial charge in [-0.15, -0.1) is 20.1 Å². The Labute approximate surface area is 164 Å². The number of hydrogen-bond donors (Lipinski definition) is 3. The number of anilines is 2. The average Bonchev–Trinajstić information content (AvgIpc) is 3.13. The summed E-state index contributed by atoms with van der Waals surface area (Å²) in [5.41, 5.74) is 1.10. The molecule has 2 heterocycles. The first-order chi connectivity index (χ1) is 12.7. The summed E-state index contributed by atoms with van der Waals surface area (Å²) in [5.74, 6) is -0.222. The summed E-state index contributed by atoms with van der Waals surface area (Å²) in [5, 5.41) is 17.4. The Morgan fingerprint density at radius 3 is 2.33 bits per heavy atom. The number of nitrogens with one attached hydrogen (secondary N) is 2. The van der Waals surface area contributed by atoms with Crippen LogP contribution in [0.25, 0.3) is 0 Å². The maximum atomic E-state index is 12.2. The zero-order chi connectivity index (χ0) is 19.8. The number of sulfonamides is 1. The van der Waals surface area contributed by atoms with Gasteiger partial charge in [-0.1, -0.05) is 23.7 Å². The molecule has 0 fully saturated rings. The Balaban J connectivity index is 1.87. The van der Waals surface area contributed by atoms with Crippen LogP contribution in [0, 0.1) is 0 Å². The smallest absolute Gasteiger partial charge is 0.269 e. The van der Waals surface area contributed by atoms with Crippen molar-refractivity contribution in [3.05, 3.63) is 29.6 Å². The zero-order valence-electron chi connectivity index (χ0n) is 14.2. The van der Waals surface area contributed by atoms with Gasteiger partial charge >= 0.3 is 0 Å². The van der Waals surface area contributed by atoms with Gasteiger partial charge in [0.2, 0.25) is 0 Å². The second kappa shape index (κ2) is 7.42. The molecule has 2 radical (unpaired) electrons. The molecule has 0 bridgehead atoms. The van der Waals surface area contributed by atoms with E-state index in [-0.39, 0.29) is 21.6 Å². The Morgan fingerprint density at radius 2 is 1.74 bits per heavy atom. The number of hydrogen-bond acceptors (Lipinski definition) is 7. The maximum absolute atomic E-state index is 12.2. The SMILES string of the molecule is [B]c1ccccc1NC1=NS(=O)N=C1Nc1csc(S(=O)(=O)N(C)C)c1O. The van der Waals surface area contributed by atoms with Crippen molar-refractivity contribution in [3.8, 4) is 5.75 Å². The van der Waals surface area contributed by atoms with Crippen molar-refractivity contribution >= 4 is 68.9 Å². The van der Waals surface area contributed by atoms with Gasteiger partial charge in [0.25, 0.3) is 21.2 Å². The van der Waals surface area contributed by atoms with Crippen molar-refractivity contribution in [2.24, 2.45) is 8.80 Å². The monoisotopic (exact) mass is 423 g/mol. The molecule has 1 aromatic carbocycles. The van der Waals surface area contributed by atoms with Crippen molar-refractivity contribution in [2.45, 2.75) is 4.21 Å². The number of nitrogens with zero attached hydrogens (tertiary/aromatic N) is 3. The van der Waals surface area contributed by atoms with Crippen molar-refractivity contribution in [2.75, 3.05) is 24.7 Å². The topological polar surface area (TPSA) is 123 Å². The Morgan fingerprint density at radius 1 is 1.15 bits per heavy atom. The molecule has 1 unspecified atom stereocenters. The van der Waals surface area contributed by atoms with Crippen LogP contribution < -0.4 is 16.1 Å². The van der Waals surface area contributed by atoms with Gasteiger partial charge in [0.1, 0.15) is 7.85 Å². The molecule has 9 nitrogen and oxygen atoms in total. The lowest BCUT2D eigenvalue weighted by Crippen LogP contribution is -2.29. The van der Waals surface area contributed by atoms with Gasteiger partial charge in [-0.05, 0) is 6.07 Å². The van der Waals surface area contributed by atoms with Gasteiger partial charge in [0.05, 0.1) is 5.69 Å². The standard InChI is InChI=1S/C14H14BN5O4S3/c1-20(2)27(23,24)14-11(21)10(7-25-14)17-13-12(18-26(22)19-13)16-9-6-4-3-5-8(9)15/h3-7,21H,1-2H3,(H,16,18)(H,17,19). The summed E-state index contributed by atoms with van der Waals surface area (Å²) in [4.78, 5) is 0. The zero-order valence-corrected chi connectivity index (χ0v) is 16.7. The van der Waals surface area contributed by atoms with Crippen LogP contribution in [0.3, 0.4) is 0 Å². The van der Waals surface area contributed by atoms with E-state index in [4.69, 9.17) is 7.85 Å². The molecule has 1 atom stereocenters. The molecule has 27 heavy (non-hydrogen) atoms. The predicted molar refractivity (Wildman–Crippen MR) is 109 cm³/mol. The molecule has 3 rings (SSSR count). The van der Waals surface area contributed by atoms with E-state index in [0.29, 0.717) is 11.2 Å². The van der Waals surface area contributed by atoms with Crippen molar-refractivity contribution in [3.63, 3.8) is 0 Å². The van der Waals surface area contributed by atoms with Crippen LogP contribution in [0.4, 0.5) is 11.4 Å². The third-order valence-electron chi connectivity index (χ3n) is 3.48. The molecule has 1 aromatic heterocycles. The summed E-state index contributed by atoms with van der Waals surface area (Å²) >= 11 is -1.01. The number of para-hydroxylation sites is 1. The van der Waals surface area contributed by atoms with E-state index in [0.717, 1.165) is 15.6 Å². The van der Waals surface area contributed by atoms with Crippen LogP contribution >= 0.6 is 11.3 Å². The molecule has 0 aliphatic carbocycles. The first kappa shape index (κ1) is 19.5. The second-order valence-corrected chi connectivity index (χ2v) is 9.57. The van der Waals surface area contributed by atoms with Gasteiger partial charge in [-0.3, -0.25) is 0 Å². The largest absolute Gasteiger partial charge is 0.504 e. The molecule has 1 aliphatic heterocycles. The number of benzene rings is 1. The van der Waals surface area contributed by atoms with Crippen molar-refractivity contribution < 1.29 is 17.7 Å². The van der Waals surface area contributed by atoms with Crippen LogP contribution in [0.1, 0.15) is 0 Å². The van der Waals surface area contributed by atoms with Crippen LogP contribution in [-0.2, 0) is 21.2 Å². The fourth-order valence-corrected chi connectivity index (χ4v) is 5.06. The predicted octanol–water partition coefficient (Wildman–Crippen LogP) is 0.411. The molecule has 140 valence electrons. The van der Waals surface area contributed by atoms with Gasteiger partial charge in [-0.25, -0.2) is 16.9 Å². The minimum atomic E-state index is -3.80. The number of thiophene rings is 1. The Kier molecular flexibility index (Phi) is 5.37. The summed E-state index contributed by atoms with van der Waals surface area (Å²) in [7, 11) is 4.80. The molecule has 0 saturated carbocycles. The molecule has 1 aliphatic rings. The molecule has 13 heteroatoms. The summed E-state index contributed by atoms with van der Waals surface area (Å²) in [6, 6.07) is 6.92. The Bertz CT molecular complexity index is 1080. The van der Waals surface area contributed by atoms with Crippen molar-refractivity contribution in [1.82, 2.24) is 4.31 Å². The van der Waals surface area contributed by atoms with Crippen LogP contribution in [-0.4, -0.2) is 55.7 Å². The highest BCUT2D eigenvalue weighted by Crippen LogP contribution is 2.38. The molecular weight excluding hydrogens is 409 g/mol. The second-order valence-electron chi connectivity index (χ2n) is 5.52. The van der Waals surface area contributed by atoms with Crippen LogP contribution in [0.2, 0.25) is 0 Å². The molecular formula is C14H14BN5O4S3. The van der Waals surface area contributed by atoms with E-state index in [2.05, 4.69) is 19.4 Å². The lowest BCUT2D eigenvalue weighted by molar-refractivity contribution is 0.460. The third-order valence-corrected chi connectivity index (χ3v) is 7.46. The fraction of sp³-hybridized carbons (Fsp3) is 0.143. The van der Waals surface area contributed by atoms with E-state index in [1.54, 1.807) is 24.3 Å².